The standard InChI is InChI=1S/C11H20F3N/c1-8(2)9-4-3-6-10(15,7-5-9)11(12,13)14/h8-9H,3-7,15H2,1-2H3. The highest BCUT2D eigenvalue weighted by Crippen LogP contribution is 2.41. The van der Waals surface area contributed by atoms with Crippen LogP contribution in [0.4, 0.5) is 13.2 Å². The molecule has 1 aliphatic rings. The molecule has 0 saturated heterocycles. The number of halogens is 3. The van der Waals surface area contributed by atoms with Crippen LogP contribution in [-0.2, 0) is 0 Å². The van der Waals surface area contributed by atoms with E-state index in [0.717, 1.165) is 6.42 Å². The fourth-order valence-corrected chi connectivity index (χ4v) is 2.34. The molecule has 2 atom stereocenters. The van der Waals surface area contributed by atoms with Crippen LogP contribution >= 0.6 is 0 Å². The molecule has 2 N–H and O–H groups in total. The van der Waals surface area contributed by atoms with Crippen LogP contribution in [-0.4, -0.2) is 11.7 Å². The van der Waals surface area contributed by atoms with Gasteiger partial charge in [0.1, 0.15) is 5.54 Å². The molecule has 0 aliphatic heterocycles. The first-order valence-corrected chi connectivity index (χ1v) is 5.62. The highest BCUT2D eigenvalue weighted by atomic mass is 19.4. The van der Waals surface area contributed by atoms with Gasteiger partial charge in [0.05, 0.1) is 0 Å². The van der Waals surface area contributed by atoms with E-state index in [-0.39, 0.29) is 12.8 Å². The molecule has 4 heteroatoms. The Morgan fingerprint density at radius 3 is 2.27 bits per heavy atom. The molecule has 1 fully saturated rings. The zero-order chi connectivity index (χ0) is 11.7. The van der Waals surface area contributed by atoms with Crippen molar-refractivity contribution in [1.82, 2.24) is 0 Å². The lowest BCUT2D eigenvalue weighted by Gasteiger charge is -2.30. The van der Waals surface area contributed by atoms with E-state index < -0.39 is 11.7 Å². The average molecular weight is 223 g/mol. The van der Waals surface area contributed by atoms with Gasteiger partial charge in [0.25, 0.3) is 0 Å². The number of hydrogen-bond donors (Lipinski definition) is 1. The van der Waals surface area contributed by atoms with Crippen LogP contribution in [0.2, 0.25) is 0 Å². The van der Waals surface area contributed by atoms with Crippen molar-refractivity contribution in [3.05, 3.63) is 0 Å². The second-order valence-corrected chi connectivity index (χ2v) is 5.09. The van der Waals surface area contributed by atoms with Gasteiger partial charge in [0.2, 0.25) is 0 Å². The van der Waals surface area contributed by atoms with E-state index in [1.165, 1.54) is 0 Å². The number of rotatable bonds is 1. The van der Waals surface area contributed by atoms with Gasteiger partial charge >= 0.3 is 6.18 Å². The second kappa shape index (κ2) is 4.32. The molecular weight excluding hydrogens is 203 g/mol. The molecule has 0 heterocycles. The SMILES string of the molecule is CC(C)C1CCCC(N)(C(F)(F)F)CC1. The molecule has 2 unspecified atom stereocenters. The van der Waals surface area contributed by atoms with E-state index in [4.69, 9.17) is 5.73 Å². The second-order valence-electron chi connectivity index (χ2n) is 5.09. The largest absolute Gasteiger partial charge is 0.406 e. The Morgan fingerprint density at radius 1 is 1.20 bits per heavy atom. The third kappa shape index (κ3) is 2.86. The molecule has 0 aromatic heterocycles. The Balaban J connectivity index is 2.67. The van der Waals surface area contributed by atoms with Crippen LogP contribution < -0.4 is 5.73 Å². The highest BCUT2D eigenvalue weighted by molar-refractivity contribution is 4.94. The van der Waals surface area contributed by atoms with Gasteiger partial charge in [-0.1, -0.05) is 26.7 Å². The van der Waals surface area contributed by atoms with E-state index in [2.05, 4.69) is 13.8 Å². The summed E-state index contributed by atoms with van der Waals surface area (Å²) < 4.78 is 38.1. The zero-order valence-electron chi connectivity index (χ0n) is 9.40. The maximum atomic E-state index is 12.7. The van der Waals surface area contributed by atoms with Crippen LogP contribution in [0.1, 0.15) is 46.0 Å². The van der Waals surface area contributed by atoms with Gasteiger partial charge in [0.15, 0.2) is 0 Å². The first-order chi connectivity index (χ1) is 6.76. The van der Waals surface area contributed by atoms with E-state index in [0.29, 0.717) is 24.7 Å². The highest BCUT2D eigenvalue weighted by Gasteiger charge is 2.51. The van der Waals surface area contributed by atoms with Crippen molar-refractivity contribution in [1.29, 1.82) is 0 Å². The molecule has 0 amide bonds. The predicted molar refractivity (Wildman–Crippen MR) is 54.4 cm³/mol. The van der Waals surface area contributed by atoms with E-state index in [1.807, 2.05) is 0 Å². The number of alkyl halides is 3. The normalized spacial score (nSPS) is 34.2. The Kier molecular flexibility index (Phi) is 3.69. The quantitative estimate of drug-likeness (QED) is 0.677. The van der Waals surface area contributed by atoms with Crippen molar-refractivity contribution < 1.29 is 13.2 Å². The smallest absolute Gasteiger partial charge is 0.318 e. The van der Waals surface area contributed by atoms with Crippen molar-refractivity contribution in [3.8, 4) is 0 Å². The van der Waals surface area contributed by atoms with Crippen molar-refractivity contribution >= 4 is 0 Å². The summed E-state index contributed by atoms with van der Waals surface area (Å²) in [5.41, 5.74) is 3.54. The van der Waals surface area contributed by atoms with Gasteiger partial charge in [-0.3, -0.25) is 0 Å². The van der Waals surface area contributed by atoms with Crippen molar-refractivity contribution in [3.63, 3.8) is 0 Å². The molecule has 0 bridgehead atoms. The van der Waals surface area contributed by atoms with Crippen molar-refractivity contribution in [2.45, 2.75) is 57.7 Å². The number of nitrogens with two attached hydrogens (primary N) is 1. The maximum absolute atomic E-state index is 12.7. The maximum Gasteiger partial charge on any atom is 0.406 e. The van der Waals surface area contributed by atoms with Crippen LogP contribution in [0.15, 0.2) is 0 Å². The molecule has 15 heavy (non-hydrogen) atoms. The lowest BCUT2D eigenvalue weighted by molar-refractivity contribution is -0.189. The third-order valence-corrected chi connectivity index (χ3v) is 3.67. The van der Waals surface area contributed by atoms with Crippen molar-refractivity contribution in [2.75, 3.05) is 0 Å². The fourth-order valence-electron chi connectivity index (χ4n) is 2.34. The van der Waals surface area contributed by atoms with Crippen molar-refractivity contribution in [2.24, 2.45) is 17.6 Å². The summed E-state index contributed by atoms with van der Waals surface area (Å²) in [5, 5.41) is 0. The Morgan fingerprint density at radius 2 is 1.80 bits per heavy atom. The van der Waals surface area contributed by atoms with E-state index >= 15 is 0 Å². The average Bonchev–Trinajstić information content (AvgIpc) is 2.26. The topological polar surface area (TPSA) is 26.0 Å². The third-order valence-electron chi connectivity index (χ3n) is 3.67. The van der Waals surface area contributed by atoms with Gasteiger partial charge in [-0.2, -0.15) is 13.2 Å². The Bertz CT molecular complexity index is 212. The molecule has 90 valence electrons. The van der Waals surface area contributed by atoms with Gasteiger partial charge in [-0.15, -0.1) is 0 Å². The van der Waals surface area contributed by atoms with Gasteiger partial charge in [-0.05, 0) is 31.1 Å². The van der Waals surface area contributed by atoms with Crippen LogP contribution in [0, 0.1) is 11.8 Å². The minimum absolute atomic E-state index is 0.0827. The van der Waals surface area contributed by atoms with Gasteiger partial charge < -0.3 is 5.73 Å². The van der Waals surface area contributed by atoms with Crippen LogP contribution in [0.3, 0.4) is 0 Å². The summed E-state index contributed by atoms with van der Waals surface area (Å²) in [6.07, 6.45) is -2.00. The first kappa shape index (κ1) is 12.8. The minimum atomic E-state index is -4.25. The summed E-state index contributed by atoms with van der Waals surface area (Å²) in [4.78, 5) is 0. The minimum Gasteiger partial charge on any atom is -0.318 e. The molecule has 0 aromatic rings. The van der Waals surface area contributed by atoms with Gasteiger partial charge in [-0.25, -0.2) is 0 Å². The molecule has 1 rings (SSSR count). The Hall–Kier alpha value is -0.250. The zero-order valence-corrected chi connectivity index (χ0v) is 9.40. The monoisotopic (exact) mass is 223 g/mol. The first-order valence-electron chi connectivity index (χ1n) is 5.62. The molecule has 1 saturated carbocycles. The summed E-state index contributed by atoms with van der Waals surface area (Å²) in [7, 11) is 0. The molecule has 0 spiro atoms. The predicted octanol–water partition coefficient (Wildman–Crippen LogP) is 3.48. The number of hydrogen-bond acceptors (Lipinski definition) is 1. The molecular formula is C11H20F3N. The molecule has 1 aliphatic carbocycles. The summed E-state index contributed by atoms with van der Waals surface area (Å²) >= 11 is 0. The summed E-state index contributed by atoms with van der Waals surface area (Å²) in [6.45, 7) is 4.14. The molecule has 0 aromatic carbocycles. The van der Waals surface area contributed by atoms with Crippen LogP contribution in [0.5, 0.6) is 0 Å². The van der Waals surface area contributed by atoms with Gasteiger partial charge in [0, 0.05) is 0 Å². The van der Waals surface area contributed by atoms with E-state index in [9.17, 15) is 13.2 Å². The molecule has 1 nitrogen and oxygen atoms in total. The Labute approximate surface area is 89.2 Å². The van der Waals surface area contributed by atoms with E-state index in [1.54, 1.807) is 0 Å². The summed E-state index contributed by atoms with van der Waals surface area (Å²) in [6, 6.07) is 0. The summed E-state index contributed by atoms with van der Waals surface area (Å²) in [5.74, 6) is 0.860. The lowest BCUT2D eigenvalue weighted by atomic mass is 9.87. The fraction of sp³-hybridized carbons (Fsp3) is 1.00. The van der Waals surface area contributed by atoms with Crippen LogP contribution in [0.25, 0.3) is 0 Å². The lowest BCUT2D eigenvalue weighted by Crippen LogP contribution is -2.53. The molecule has 0 radical (unpaired) electrons.